The summed E-state index contributed by atoms with van der Waals surface area (Å²) in [5.74, 6) is -1.43. The molecule has 0 aliphatic carbocycles. The van der Waals surface area contributed by atoms with Gasteiger partial charge in [-0.15, -0.1) is 0 Å². The standard InChI is InChI=1S/C24H29ClN2O2.C4H4O4/c1-2-29-24(28)10-7-16-26-15-5-6-17-27-22-9-4-3-8-19(22)11-12-20-13-14-21(25)18-23(20)27;5-3-8-2-1-4(6)7/h3-4,7-10,13-14,18,26H,2,5-6,11-12,15-17H2,1H3;1-3H,(H,6,7)/b10-7+;2-1-. The van der Waals surface area contributed by atoms with Crippen molar-refractivity contribution in [1.82, 2.24) is 5.32 Å². The zero-order valence-electron chi connectivity index (χ0n) is 20.9. The number of para-hydroxylation sites is 1. The molecule has 0 amide bonds. The van der Waals surface area contributed by atoms with Gasteiger partial charge in [0.25, 0.3) is 6.47 Å². The van der Waals surface area contributed by atoms with E-state index in [-0.39, 0.29) is 12.4 Å². The molecule has 0 saturated carbocycles. The quantitative estimate of drug-likeness (QED) is 0.133. The molecule has 8 nitrogen and oxygen atoms in total. The summed E-state index contributed by atoms with van der Waals surface area (Å²) in [6, 6.07) is 14.9. The molecule has 37 heavy (non-hydrogen) atoms. The van der Waals surface area contributed by atoms with E-state index in [2.05, 4.69) is 51.4 Å². The lowest BCUT2D eigenvalue weighted by molar-refractivity contribution is -0.137. The molecular weight excluding hydrogens is 496 g/mol. The van der Waals surface area contributed by atoms with Crippen molar-refractivity contribution in [3.05, 3.63) is 83.1 Å². The maximum Gasteiger partial charge on any atom is 0.331 e. The fourth-order valence-corrected chi connectivity index (χ4v) is 3.97. The minimum Gasteiger partial charge on any atom is -0.478 e. The molecule has 0 spiro atoms. The second-order valence-corrected chi connectivity index (χ2v) is 8.43. The molecule has 1 heterocycles. The summed E-state index contributed by atoms with van der Waals surface area (Å²) in [6.07, 6.45) is 9.00. The number of carbonyl (C=O) groups is 3. The van der Waals surface area contributed by atoms with E-state index in [9.17, 15) is 14.4 Å². The number of unbranched alkanes of at least 4 members (excludes halogenated alkanes) is 1. The normalized spacial score (nSPS) is 12.2. The van der Waals surface area contributed by atoms with E-state index in [0.717, 1.165) is 50.1 Å². The lowest BCUT2D eigenvalue weighted by Crippen LogP contribution is -2.22. The minimum absolute atomic E-state index is 0.138. The van der Waals surface area contributed by atoms with E-state index in [0.29, 0.717) is 19.2 Å². The molecule has 0 unspecified atom stereocenters. The maximum atomic E-state index is 11.3. The molecule has 1 aliphatic rings. The van der Waals surface area contributed by atoms with Crippen LogP contribution in [0.4, 0.5) is 11.4 Å². The Labute approximate surface area is 222 Å². The fraction of sp³-hybridized carbons (Fsp3) is 0.321. The van der Waals surface area contributed by atoms with Gasteiger partial charge >= 0.3 is 11.9 Å². The summed E-state index contributed by atoms with van der Waals surface area (Å²) in [5.41, 5.74) is 5.27. The van der Waals surface area contributed by atoms with Crippen LogP contribution in [0, 0.1) is 0 Å². The molecule has 1 aliphatic heterocycles. The van der Waals surface area contributed by atoms with Crippen molar-refractivity contribution in [2.24, 2.45) is 0 Å². The Hall–Kier alpha value is -3.62. The monoisotopic (exact) mass is 528 g/mol. The third-order valence-electron chi connectivity index (χ3n) is 5.42. The van der Waals surface area contributed by atoms with Crippen LogP contribution >= 0.6 is 11.6 Å². The number of benzene rings is 2. The number of carboxylic acids is 1. The first kappa shape index (κ1) is 29.6. The van der Waals surface area contributed by atoms with Gasteiger partial charge in [0.2, 0.25) is 0 Å². The number of rotatable bonds is 12. The first-order valence-electron chi connectivity index (χ1n) is 12.1. The summed E-state index contributed by atoms with van der Waals surface area (Å²) >= 11 is 6.32. The average molecular weight is 529 g/mol. The number of esters is 1. The molecule has 0 bridgehead atoms. The Kier molecular flexibility index (Phi) is 13.6. The summed E-state index contributed by atoms with van der Waals surface area (Å²) in [6.45, 7) is 4.88. The number of carboxylic acid groups (broad SMARTS) is 1. The highest BCUT2D eigenvalue weighted by molar-refractivity contribution is 6.30. The smallest absolute Gasteiger partial charge is 0.331 e. The Morgan fingerprint density at radius 2 is 1.84 bits per heavy atom. The van der Waals surface area contributed by atoms with Gasteiger partial charge in [-0.1, -0.05) is 41.9 Å². The number of aryl methyl sites for hydroxylation is 2. The Morgan fingerprint density at radius 3 is 2.57 bits per heavy atom. The predicted octanol–water partition coefficient (Wildman–Crippen LogP) is 4.82. The summed E-state index contributed by atoms with van der Waals surface area (Å²) in [4.78, 5) is 32.6. The molecule has 0 aromatic heterocycles. The second-order valence-electron chi connectivity index (χ2n) is 7.99. The zero-order chi connectivity index (χ0) is 26.9. The molecule has 198 valence electrons. The van der Waals surface area contributed by atoms with Gasteiger partial charge in [0.05, 0.1) is 12.7 Å². The highest BCUT2D eigenvalue weighted by Gasteiger charge is 2.20. The van der Waals surface area contributed by atoms with Crippen molar-refractivity contribution >= 4 is 41.4 Å². The van der Waals surface area contributed by atoms with Crippen molar-refractivity contribution < 1.29 is 29.0 Å². The fourth-order valence-electron chi connectivity index (χ4n) is 3.81. The third kappa shape index (κ3) is 10.9. The third-order valence-corrected chi connectivity index (χ3v) is 5.65. The van der Waals surface area contributed by atoms with Crippen LogP contribution in [0.5, 0.6) is 0 Å². The number of aliphatic carboxylic acids is 1. The van der Waals surface area contributed by atoms with Gasteiger partial charge in [-0.3, -0.25) is 4.79 Å². The van der Waals surface area contributed by atoms with E-state index in [1.807, 2.05) is 6.07 Å². The topological polar surface area (TPSA) is 105 Å². The van der Waals surface area contributed by atoms with Crippen LogP contribution in [-0.2, 0) is 36.7 Å². The number of hydrogen-bond acceptors (Lipinski definition) is 7. The molecular formula is C28H33ClN2O6. The molecule has 2 N–H and O–H groups in total. The number of nitrogens with one attached hydrogen (secondary N) is 1. The van der Waals surface area contributed by atoms with Gasteiger partial charge in [0.1, 0.15) is 6.26 Å². The maximum absolute atomic E-state index is 11.3. The lowest BCUT2D eigenvalue weighted by Gasteiger charge is -2.27. The molecule has 2 aromatic rings. The molecule has 3 rings (SSSR count). The van der Waals surface area contributed by atoms with Gasteiger partial charge in [0.15, 0.2) is 0 Å². The van der Waals surface area contributed by atoms with Crippen LogP contribution in [0.25, 0.3) is 0 Å². The number of hydrogen-bond donors (Lipinski definition) is 2. The largest absolute Gasteiger partial charge is 0.478 e. The van der Waals surface area contributed by atoms with Gasteiger partial charge in [-0.2, -0.15) is 0 Å². The molecule has 9 heteroatoms. The number of anilines is 2. The first-order valence-corrected chi connectivity index (χ1v) is 12.5. The number of nitrogens with zero attached hydrogens (tertiary/aromatic N) is 1. The van der Waals surface area contributed by atoms with E-state index in [1.54, 1.807) is 13.0 Å². The molecule has 2 aromatic carbocycles. The average Bonchev–Trinajstić information content (AvgIpc) is 3.03. The molecule has 0 fully saturated rings. The first-order chi connectivity index (χ1) is 18.0. The number of fused-ring (bicyclic) bond motifs is 2. The van der Waals surface area contributed by atoms with Crippen LogP contribution in [0.3, 0.4) is 0 Å². The minimum atomic E-state index is -1.15. The Bertz CT molecular complexity index is 1090. The SMILES string of the molecule is CCOC(=O)/C=C/CNCCCCN1c2ccccc2CCc2ccc(Cl)cc21.O=CO/C=C\C(=O)O. The van der Waals surface area contributed by atoms with Crippen LogP contribution in [0.1, 0.15) is 30.9 Å². The van der Waals surface area contributed by atoms with Crippen LogP contribution in [-0.4, -0.2) is 49.8 Å². The molecule has 0 radical (unpaired) electrons. The summed E-state index contributed by atoms with van der Waals surface area (Å²) in [5, 5.41) is 12.0. The zero-order valence-corrected chi connectivity index (χ0v) is 21.7. The Morgan fingerprint density at radius 1 is 1.08 bits per heavy atom. The number of halogens is 1. The van der Waals surface area contributed by atoms with Gasteiger partial charge in [-0.05, 0) is 68.5 Å². The Balaban J connectivity index is 0.000000521. The predicted molar refractivity (Wildman–Crippen MR) is 144 cm³/mol. The summed E-state index contributed by atoms with van der Waals surface area (Å²) in [7, 11) is 0. The molecule has 0 atom stereocenters. The van der Waals surface area contributed by atoms with Crippen LogP contribution < -0.4 is 10.2 Å². The van der Waals surface area contributed by atoms with E-state index < -0.39 is 5.97 Å². The van der Waals surface area contributed by atoms with E-state index in [4.69, 9.17) is 21.4 Å². The lowest BCUT2D eigenvalue weighted by atomic mass is 10.0. The highest BCUT2D eigenvalue weighted by Crippen LogP contribution is 2.37. The number of carbonyl (C=O) groups excluding carboxylic acids is 2. The van der Waals surface area contributed by atoms with Crippen molar-refractivity contribution in [3.8, 4) is 0 Å². The summed E-state index contributed by atoms with van der Waals surface area (Å²) < 4.78 is 8.76. The van der Waals surface area contributed by atoms with Crippen LogP contribution in [0.15, 0.2) is 67.0 Å². The molecule has 0 saturated heterocycles. The van der Waals surface area contributed by atoms with Crippen molar-refractivity contribution in [2.75, 3.05) is 31.1 Å². The van der Waals surface area contributed by atoms with Crippen LogP contribution in [0.2, 0.25) is 5.02 Å². The highest BCUT2D eigenvalue weighted by atomic mass is 35.5. The van der Waals surface area contributed by atoms with E-state index in [1.165, 1.54) is 28.6 Å². The van der Waals surface area contributed by atoms with Crippen molar-refractivity contribution in [3.63, 3.8) is 0 Å². The number of ether oxygens (including phenoxy) is 2. The van der Waals surface area contributed by atoms with Gasteiger partial charge < -0.3 is 24.8 Å². The van der Waals surface area contributed by atoms with Gasteiger partial charge in [0, 0.05) is 35.6 Å². The van der Waals surface area contributed by atoms with E-state index >= 15 is 0 Å². The van der Waals surface area contributed by atoms with Crippen molar-refractivity contribution in [2.45, 2.75) is 32.6 Å². The second kappa shape index (κ2) is 16.9. The van der Waals surface area contributed by atoms with Gasteiger partial charge in [-0.25, -0.2) is 9.59 Å². The van der Waals surface area contributed by atoms with Crippen molar-refractivity contribution in [1.29, 1.82) is 0 Å².